The molecule has 0 aromatic carbocycles. The van der Waals surface area contributed by atoms with E-state index < -0.39 is 0 Å². The number of fused-ring (bicyclic) bond motifs is 2. The van der Waals surface area contributed by atoms with Crippen LogP contribution >= 0.6 is 0 Å². The highest BCUT2D eigenvalue weighted by Crippen LogP contribution is 2.57. The van der Waals surface area contributed by atoms with Crippen LogP contribution in [-0.2, 0) is 0 Å². The van der Waals surface area contributed by atoms with E-state index in [1.165, 1.54) is 128 Å². The second-order valence-corrected chi connectivity index (χ2v) is 22.7. The minimum absolute atomic E-state index is 0.476. The average molecular weight is 691 g/mol. The van der Waals surface area contributed by atoms with E-state index in [1.807, 2.05) is 0 Å². The first-order valence-corrected chi connectivity index (χ1v) is 23.4. The highest BCUT2D eigenvalue weighted by molar-refractivity contribution is 5.10. The molecule has 7 rings (SSSR count). The van der Waals surface area contributed by atoms with Crippen LogP contribution in [0.2, 0.25) is 0 Å². The van der Waals surface area contributed by atoms with Gasteiger partial charge in [-0.25, -0.2) is 0 Å². The molecule has 0 aromatic heterocycles. The van der Waals surface area contributed by atoms with Gasteiger partial charge in [0.25, 0.3) is 0 Å². The maximum absolute atomic E-state index is 3.45. The lowest BCUT2D eigenvalue weighted by atomic mass is 9.53. The first-order valence-electron chi connectivity index (χ1n) is 23.4. The van der Waals surface area contributed by atoms with Crippen LogP contribution in [0.1, 0.15) is 209 Å². The third kappa shape index (κ3) is 8.13. The van der Waals surface area contributed by atoms with Crippen molar-refractivity contribution < 1.29 is 0 Å². The van der Waals surface area contributed by atoms with Crippen molar-refractivity contribution in [3.05, 3.63) is 0 Å². The first kappa shape index (κ1) is 38.2. The molecule has 4 unspecified atom stereocenters. The van der Waals surface area contributed by atoms with E-state index in [2.05, 4.69) is 65.2 Å². The van der Waals surface area contributed by atoms with Gasteiger partial charge in [-0.1, -0.05) is 81.1 Å². The predicted octanol–water partition coefficient (Wildman–Crippen LogP) is 13.3. The van der Waals surface area contributed by atoms with E-state index in [-0.39, 0.29) is 0 Å². The largest absolute Gasteiger partial charge is 0.294 e. The summed E-state index contributed by atoms with van der Waals surface area (Å²) in [6, 6.07) is 5.25. The van der Waals surface area contributed by atoms with E-state index in [0.717, 1.165) is 83.6 Å². The van der Waals surface area contributed by atoms with Crippen LogP contribution in [0.3, 0.4) is 0 Å². The van der Waals surface area contributed by atoms with Crippen LogP contribution in [0.25, 0.3) is 0 Å². The molecule has 288 valence electrons. The summed E-state index contributed by atoms with van der Waals surface area (Å²) < 4.78 is 0. The number of hydrogen-bond acceptors (Lipinski definition) is 2. The van der Waals surface area contributed by atoms with Crippen molar-refractivity contribution in [2.45, 2.75) is 246 Å². The molecule has 0 bridgehead atoms. The Bertz CT molecular complexity index is 927. The Balaban J connectivity index is 1.23. The summed E-state index contributed by atoms with van der Waals surface area (Å²) in [6.45, 7) is 20.3. The van der Waals surface area contributed by atoms with Gasteiger partial charge in [0, 0.05) is 36.3 Å². The molecule has 7 fully saturated rings. The second-order valence-electron chi connectivity index (χ2n) is 22.7. The van der Waals surface area contributed by atoms with Crippen molar-refractivity contribution in [3.63, 3.8) is 0 Å². The molecule has 0 spiro atoms. The van der Waals surface area contributed by atoms with Gasteiger partial charge in [0.2, 0.25) is 0 Å². The van der Waals surface area contributed by atoms with Crippen molar-refractivity contribution in [1.29, 1.82) is 0 Å². The average Bonchev–Trinajstić information content (AvgIpc) is 3.10. The summed E-state index contributed by atoms with van der Waals surface area (Å²) >= 11 is 0. The quantitative estimate of drug-likeness (QED) is 0.274. The van der Waals surface area contributed by atoms with E-state index in [0.29, 0.717) is 10.8 Å². The number of hydrogen-bond donors (Lipinski definition) is 0. The van der Waals surface area contributed by atoms with E-state index in [9.17, 15) is 0 Å². The van der Waals surface area contributed by atoms with E-state index in [1.54, 1.807) is 25.7 Å². The molecule has 0 radical (unpaired) electrons. The maximum Gasteiger partial charge on any atom is 0.0164 e. The van der Waals surface area contributed by atoms with Crippen LogP contribution in [-0.4, -0.2) is 46.1 Å². The van der Waals surface area contributed by atoms with Crippen LogP contribution in [0.15, 0.2) is 0 Å². The Morgan fingerprint density at radius 2 is 0.560 bits per heavy atom. The van der Waals surface area contributed by atoms with Crippen molar-refractivity contribution in [3.8, 4) is 0 Å². The maximum atomic E-state index is 3.45. The van der Waals surface area contributed by atoms with Crippen molar-refractivity contribution in [2.24, 2.45) is 58.2 Å². The molecule has 2 nitrogen and oxygen atoms in total. The Kier molecular flexibility index (Phi) is 12.2. The summed E-state index contributed by atoms with van der Waals surface area (Å²) in [6.07, 6.45) is 36.1. The Hall–Kier alpha value is -0.0800. The van der Waals surface area contributed by atoms with Gasteiger partial charge in [-0.15, -0.1) is 0 Å². The third-order valence-corrected chi connectivity index (χ3v) is 17.7. The van der Waals surface area contributed by atoms with Crippen LogP contribution in [0.5, 0.6) is 0 Å². The summed E-state index contributed by atoms with van der Waals surface area (Å²) in [4.78, 5) is 6.90. The van der Waals surface area contributed by atoms with Crippen molar-refractivity contribution in [2.75, 3.05) is 0 Å². The predicted molar refractivity (Wildman–Crippen MR) is 215 cm³/mol. The Morgan fingerprint density at radius 1 is 0.320 bits per heavy atom. The Labute approximate surface area is 312 Å². The minimum Gasteiger partial charge on any atom is -0.294 e. The normalized spacial score (nSPS) is 45.2. The molecule has 7 aliphatic carbocycles. The number of rotatable bonds is 6. The SMILES string of the molecule is CC1CCC(N(C2CCC(C(C)(C)C)CC2)C2C3CCCCC3C(N(C3CCC(C)CC3)C3CCC(C(C)(C)C)CC3)C3CCCCC32)CC1. The molecule has 0 saturated heterocycles. The summed E-state index contributed by atoms with van der Waals surface area (Å²) in [5.74, 6) is 7.59. The van der Waals surface area contributed by atoms with Gasteiger partial charge in [-0.05, 0) is 187 Å². The lowest BCUT2D eigenvalue weighted by Crippen LogP contribution is -2.69. The molecule has 0 aliphatic heterocycles. The number of nitrogens with zero attached hydrogens (tertiary/aromatic N) is 2. The van der Waals surface area contributed by atoms with Gasteiger partial charge in [-0.3, -0.25) is 9.80 Å². The fraction of sp³-hybridized carbons (Fsp3) is 1.00. The fourth-order valence-electron chi connectivity index (χ4n) is 14.7. The fourth-order valence-corrected chi connectivity index (χ4v) is 14.7. The van der Waals surface area contributed by atoms with Gasteiger partial charge >= 0.3 is 0 Å². The molecule has 50 heavy (non-hydrogen) atoms. The molecule has 7 aliphatic rings. The Morgan fingerprint density at radius 3 is 0.800 bits per heavy atom. The molecule has 4 atom stereocenters. The molecular weight excluding hydrogens is 605 g/mol. The van der Waals surface area contributed by atoms with Gasteiger partial charge in [0.15, 0.2) is 0 Å². The third-order valence-electron chi connectivity index (χ3n) is 17.7. The summed E-state index contributed by atoms with van der Waals surface area (Å²) in [5, 5.41) is 0. The molecule has 7 saturated carbocycles. The highest BCUT2D eigenvalue weighted by Gasteiger charge is 2.58. The molecule has 0 N–H and O–H groups in total. The van der Waals surface area contributed by atoms with Gasteiger partial charge in [-0.2, -0.15) is 0 Å². The topological polar surface area (TPSA) is 6.48 Å². The summed E-state index contributed by atoms with van der Waals surface area (Å²) in [7, 11) is 0. The molecule has 0 amide bonds. The van der Waals surface area contributed by atoms with Crippen LogP contribution in [0, 0.1) is 58.2 Å². The van der Waals surface area contributed by atoms with Gasteiger partial charge in [0.05, 0.1) is 0 Å². The molecule has 2 heteroatoms. The lowest BCUT2D eigenvalue weighted by molar-refractivity contribution is -0.150. The zero-order valence-electron chi connectivity index (χ0n) is 34.9. The zero-order valence-corrected chi connectivity index (χ0v) is 34.9. The van der Waals surface area contributed by atoms with Gasteiger partial charge < -0.3 is 0 Å². The smallest absolute Gasteiger partial charge is 0.0164 e. The lowest BCUT2D eigenvalue weighted by Gasteiger charge is -2.65. The molecule has 0 aromatic rings. The van der Waals surface area contributed by atoms with Gasteiger partial charge in [0.1, 0.15) is 0 Å². The van der Waals surface area contributed by atoms with Crippen molar-refractivity contribution >= 4 is 0 Å². The standard InChI is InChI=1S/C48H86N2/c1-33-17-25-37(26-18-33)49(39-29-21-35(22-30-39)47(3,4)5)45-41-13-9-11-15-43(41)46(44-16-12-10-14-42(44)45)50(38-27-19-34(2)20-28-38)40-31-23-36(24-32-40)48(6,7)8/h33-46H,9-32H2,1-8H3. The van der Waals surface area contributed by atoms with Crippen LogP contribution < -0.4 is 0 Å². The highest BCUT2D eigenvalue weighted by atomic mass is 15.3. The van der Waals surface area contributed by atoms with E-state index in [4.69, 9.17) is 0 Å². The molecule has 0 heterocycles. The zero-order chi connectivity index (χ0) is 35.2. The van der Waals surface area contributed by atoms with E-state index >= 15 is 0 Å². The minimum atomic E-state index is 0.476. The second kappa shape index (κ2) is 16.0. The van der Waals surface area contributed by atoms with Crippen LogP contribution in [0.4, 0.5) is 0 Å². The monoisotopic (exact) mass is 691 g/mol. The molecular formula is C48H86N2. The van der Waals surface area contributed by atoms with Crippen molar-refractivity contribution in [1.82, 2.24) is 9.80 Å². The first-order chi connectivity index (χ1) is 23.9. The summed E-state index contributed by atoms with van der Waals surface area (Å²) in [5.41, 5.74) is 0.951.